The van der Waals surface area contributed by atoms with Gasteiger partial charge in [-0.25, -0.2) is 15.0 Å². The maximum atomic E-state index is 6.34. The van der Waals surface area contributed by atoms with Gasteiger partial charge < -0.3 is 26.8 Å². The minimum atomic E-state index is 0.0588. The number of pyridine rings is 1. The Morgan fingerprint density at radius 2 is 2.00 bits per heavy atom. The Hall–Kier alpha value is -1.81. The van der Waals surface area contributed by atoms with Gasteiger partial charge in [-0.3, -0.25) is 0 Å². The Kier molecular flexibility index (Phi) is 5.26. The van der Waals surface area contributed by atoms with Gasteiger partial charge in [-0.05, 0) is 25.8 Å². The molecule has 0 aromatic carbocycles. The molecule has 0 bridgehead atoms. The molecule has 2 aliphatic heterocycles. The number of nitrogen functional groups attached to an aromatic ring is 2. The number of nitrogens with two attached hydrogens (primary N) is 3. The van der Waals surface area contributed by atoms with E-state index in [-0.39, 0.29) is 23.4 Å². The summed E-state index contributed by atoms with van der Waals surface area (Å²) < 4.78 is 5.79. The second kappa shape index (κ2) is 7.55. The monoisotopic (exact) mass is 421 g/mol. The van der Waals surface area contributed by atoms with Crippen LogP contribution in [0.1, 0.15) is 19.8 Å². The Morgan fingerprint density at radius 1 is 1.25 bits per heavy atom. The zero-order chi connectivity index (χ0) is 19.9. The summed E-state index contributed by atoms with van der Waals surface area (Å²) in [5, 5.41) is 0.980. The van der Waals surface area contributed by atoms with Crippen LogP contribution in [0.4, 0.5) is 17.5 Å². The number of hydrogen-bond acceptors (Lipinski definition) is 9. The van der Waals surface area contributed by atoms with E-state index < -0.39 is 0 Å². The average Bonchev–Trinajstić information content (AvgIpc) is 2.96. The number of ether oxygens (including phenoxy) is 1. The standard InChI is InChI=1S/C18H24ClN7OS/c1-10-18(12(20)9-27-10)3-6-26(7-4-18)13-8-24-17(16(22)25-13)28-11-2-5-23-15(21)14(11)19/h2,5,8,10,12H,3-4,6-7,9,20H2,1H3,(H2,21,23)(H2,22,25). The summed E-state index contributed by atoms with van der Waals surface area (Å²) in [6.07, 6.45) is 5.49. The van der Waals surface area contributed by atoms with Crippen molar-refractivity contribution in [3.05, 3.63) is 23.5 Å². The number of rotatable bonds is 3. The van der Waals surface area contributed by atoms with Crippen molar-refractivity contribution < 1.29 is 4.74 Å². The molecule has 6 N–H and O–H groups in total. The first-order valence-electron chi connectivity index (χ1n) is 9.23. The maximum Gasteiger partial charge on any atom is 0.158 e. The Bertz CT molecular complexity index is 863. The molecule has 0 radical (unpaired) electrons. The van der Waals surface area contributed by atoms with Crippen LogP contribution in [0.3, 0.4) is 0 Å². The zero-order valence-electron chi connectivity index (χ0n) is 15.6. The molecular weight excluding hydrogens is 398 g/mol. The van der Waals surface area contributed by atoms with E-state index in [1.807, 2.05) is 0 Å². The summed E-state index contributed by atoms with van der Waals surface area (Å²) in [5.41, 5.74) is 18.3. The number of piperidine rings is 1. The van der Waals surface area contributed by atoms with Crippen molar-refractivity contribution in [2.45, 2.75) is 41.8 Å². The Balaban J connectivity index is 1.47. The van der Waals surface area contributed by atoms with Crippen LogP contribution in [0, 0.1) is 5.41 Å². The molecule has 8 nitrogen and oxygen atoms in total. The van der Waals surface area contributed by atoms with Crippen LogP contribution >= 0.6 is 23.4 Å². The van der Waals surface area contributed by atoms with E-state index in [0.717, 1.165) is 36.6 Å². The third-order valence-corrected chi connectivity index (χ3v) is 7.51. The number of anilines is 3. The number of hydrogen-bond donors (Lipinski definition) is 3. The van der Waals surface area contributed by atoms with E-state index in [1.54, 1.807) is 18.5 Å². The first-order valence-corrected chi connectivity index (χ1v) is 10.4. The van der Waals surface area contributed by atoms with Gasteiger partial charge in [0.1, 0.15) is 16.7 Å². The van der Waals surface area contributed by atoms with E-state index in [2.05, 4.69) is 26.8 Å². The SMILES string of the molecule is CC1OCC(N)C12CCN(c1cnc(Sc3ccnc(N)c3Cl)c(N)n1)CC2. The third kappa shape index (κ3) is 3.36. The molecule has 2 unspecified atom stereocenters. The van der Waals surface area contributed by atoms with Crippen LogP contribution < -0.4 is 22.1 Å². The highest BCUT2D eigenvalue weighted by atomic mass is 35.5. The minimum absolute atomic E-state index is 0.0588. The molecular formula is C18H24ClN7OS. The minimum Gasteiger partial charge on any atom is -0.382 e. The van der Waals surface area contributed by atoms with Crippen molar-refractivity contribution in [1.82, 2.24) is 15.0 Å². The predicted octanol–water partition coefficient (Wildman–Crippen LogP) is 2.17. The summed E-state index contributed by atoms with van der Waals surface area (Å²) in [6, 6.07) is 1.87. The fraction of sp³-hybridized carbons (Fsp3) is 0.500. The van der Waals surface area contributed by atoms with E-state index in [1.165, 1.54) is 11.8 Å². The van der Waals surface area contributed by atoms with Crippen molar-refractivity contribution in [1.29, 1.82) is 0 Å². The smallest absolute Gasteiger partial charge is 0.158 e. The fourth-order valence-corrected chi connectivity index (χ4v) is 5.06. The largest absolute Gasteiger partial charge is 0.382 e. The van der Waals surface area contributed by atoms with Gasteiger partial charge in [0.05, 0.1) is 23.9 Å². The summed E-state index contributed by atoms with van der Waals surface area (Å²) in [6.45, 7) is 4.48. The Morgan fingerprint density at radius 3 is 2.64 bits per heavy atom. The van der Waals surface area contributed by atoms with Crippen LogP contribution in [-0.4, -0.2) is 46.8 Å². The number of nitrogens with zero attached hydrogens (tertiary/aromatic N) is 4. The number of halogens is 1. The fourth-order valence-electron chi connectivity index (χ4n) is 4.05. The van der Waals surface area contributed by atoms with Crippen LogP contribution in [0.25, 0.3) is 0 Å². The maximum absolute atomic E-state index is 6.34. The molecule has 4 rings (SSSR count). The van der Waals surface area contributed by atoms with Crippen molar-refractivity contribution in [2.24, 2.45) is 11.1 Å². The van der Waals surface area contributed by atoms with Crippen molar-refractivity contribution in [3.8, 4) is 0 Å². The van der Waals surface area contributed by atoms with E-state index >= 15 is 0 Å². The first kappa shape index (κ1) is 19.5. The quantitative estimate of drug-likeness (QED) is 0.682. The molecule has 1 spiro atoms. The van der Waals surface area contributed by atoms with Crippen molar-refractivity contribution >= 4 is 40.8 Å². The normalized spacial score (nSPS) is 24.0. The lowest BCUT2D eigenvalue weighted by Gasteiger charge is -2.43. The molecule has 0 saturated carbocycles. The van der Waals surface area contributed by atoms with Gasteiger partial charge in [-0.15, -0.1) is 0 Å². The molecule has 28 heavy (non-hydrogen) atoms. The zero-order valence-corrected chi connectivity index (χ0v) is 17.2. The van der Waals surface area contributed by atoms with Gasteiger partial charge >= 0.3 is 0 Å². The molecule has 2 atom stereocenters. The van der Waals surface area contributed by atoms with E-state index in [9.17, 15) is 0 Å². The molecule has 2 fully saturated rings. The molecule has 2 saturated heterocycles. The van der Waals surface area contributed by atoms with Gasteiger partial charge in [0.15, 0.2) is 5.82 Å². The average molecular weight is 422 g/mol. The first-order chi connectivity index (χ1) is 13.4. The lowest BCUT2D eigenvalue weighted by Crippen LogP contribution is -2.51. The lowest BCUT2D eigenvalue weighted by atomic mass is 9.71. The highest BCUT2D eigenvalue weighted by molar-refractivity contribution is 7.99. The second-order valence-corrected chi connectivity index (χ2v) is 8.74. The summed E-state index contributed by atoms with van der Waals surface area (Å²) in [5.74, 6) is 1.42. The van der Waals surface area contributed by atoms with Gasteiger partial charge in [0.2, 0.25) is 0 Å². The molecule has 4 heterocycles. The van der Waals surface area contributed by atoms with Gasteiger partial charge in [-0.2, -0.15) is 0 Å². The molecule has 150 valence electrons. The Labute approximate surface area is 173 Å². The summed E-state index contributed by atoms with van der Waals surface area (Å²) in [7, 11) is 0. The van der Waals surface area contributed by atoms with Gasteiger partial charge in [0.25, 0.3) is 0 Å². The summed E-state index contributed by atoms with van der Waals surface area (Å²) >= 11 is 7.53. The molecule has 0 amide bonds. The molecule has 2 aromatic rings. The third-order valence-electron chi connectivity index (χ3n) is 5.93. The number of aromatic nitrogens is 3. The van der Waals surface area contributed by atoms with Crippen LogP contribution in [0.5, 0.6) is 0 Å². The van der Waals surface area contributed by atoms with Crippen molar-refractivity contribution in [2.75, 3.05) is 36.1 Å². The van der Waals surface area contributed by atoms with Gasteiger partial charge in [-0.1, -0.05) is 23.4 Å². The van der Waals surface area contributed by atoms with Crippen molar-refractivity contribution in [3.63, 3.8) is 0 Å². The highest BCUT2D eigenvalue weighted by Crippen LogP contribution is 2.44. The second-order valence-electron chi connectivity index (χ2n) is 7.33. The molecule has 10 heteroatoms. The van der Waals surface area contributed by atoms with Crippen LogP contribution in [0.15, 0.2) is 28.4 Å². The molecule has 2 aromatic heterocycles. The molecule has 2 aliphatic rings. The van der Waals surface area contributed by atoms with E-state index in [4.69, 9.17) is 33.5 Å². The highest BCUT2D eigenvalue weighted by Gasteiger charge is 2.49. The topological polar surface area (TPSA) is 129 Å². The van der Waals surface area contributed by atoms with Gasteiger partial charge in [0, 0.05) is 35.6 Å². The van der Waals surface area contributed by atoms with Crippen LogP contribution in [0.2, 0.25) is 5.02 Å². The lowest BCUT2D eigenvalue weighted by molar-refractivity contribution is 0.0483. The summed E-state index contributed by atoms with van der Waals surface area (Å²) in [4.78, 5) is 16.0. The van der Waals surface area contributed by atoms with E-state index in [0.29, 0.717) is 22.5 Å². The van der Waals surface area contributed by atoms with Crippen LogP contribution in [-0.2, 0) is 4.74 Å². The molecule has 0 aliphatic carbocycles. The predicted molar refractivity (Wildman–Crippen MR) is 111 cm³/mol.